The summed E-state index contributed by atoms with van der Waals surface area (Å²) in [5.74, 6) is -1.21. The van der Waals surface area contributed by atoms with Crippen molar-refractivity contribution >= 4 is 75.4 Å². The predicted octanol–water partition coefficient (Wildman–Crippen LogP) is -1.49. The van der Waals surface area contributed by atoms with Crippen molar-refractivity contribution in [3.63, 3.8) is 0 Å². The molecule has 2 aliphatic rings. The number of nitrogens with zero attached hydrogens (tertiary/aromatic N) is 6. The number of anilines is 3. The Hall–Kier alpha value is -3.38. The number of nitrogens with one attached hydrogen (secondary N) is 1. The van der Waals surface area contributed by atoms with E-state index in [9.17, 15) is 19.5 Å². The Labute approximate surface area is 223 Å². The number of β-lactam (4-membered cyclic amide) rings is 1. The molecule has 2 amide bonds. The van der Waals surface area contributed by atoms with Crippen molar-refractivity contribution in [3.05, 3.63) is 11.9 Å². The largest absolute Gasteiger partial charge is 0.481 e. The number of nitrogens with two attached hydrogens (primary N) is 3. The van der Waals surface area contributed by atoms with E-state index in [2.05, 4.69) is 24.8 Å². The van der Waals surface area contributed by atoms with Crippen LogP contribution in [0.3, 0.4) is 0 Å². The second kappa shape index (κ2) is 10.5. The van der Waals surface area contributed by atoms with Gasteiger partial charge in [0.2, 0.25) is 17.4 Å². The van der Waals surface area contributed by atoms with E-state index < -0.39 is 34.6 Å². The zero-order chi connectivity index (χ0) is 26.9. The number of thioether (sulfide) groups is 2. The first-order valence-electron chi connectivity index (χ1n) is 10.9. The van der Waals surface area contributed by atoms with Gasteiger partial charge in [-0.05, 0) is 6.92 Å². The Kier molecular flexibility index (Phi) is 7.60. The Morgan fingerprint density at radius 1 is 1.41 bits per heavy atom. The van der Waals surface area contributed by atoms with Crippen LogP contribution < -0.4 is 27.1 Å². The van der Waals surface area contributed by atoms with Crippen molar-refractivity contribution in [2.45, 2.75) is 23.4 Å². The monoisotopic (exact) mass is 569 g/mol. The molecule has 3 atom stereocenters. The lowest BCUT2D eigenvalue weighted by molar-refractivity contribution is -0.645. The molecule has 0 bridgehead atoms. The molecule has 18 heteroatoms. The fourth-order valence-corrected chi connectivity index (χ4v) is 6.83. The minimum Gasteiger partial charge on any atom is -0.481 e. The Morgan fingerprint density at radius 3 is 2.78 bits per heavy atom. The third-order valence-electron chi connectivity index (χ3n) is 5.76. The number of aromatic nitrogens is 4. The quantitative estimate of drug-likeness (QED) is 0.0579. The Morgan fingerprint density at radius 2 is 2.16 bits per heavy atom. The van der Waals surface area contributed by atoms with Gasteiger partial charge < -0.3 is 37.4 Å². The number of oxime groups is 1. The standard InChI is InChI=1S/C19H24N10O5S3/c1-3-34-26-10(12-25-18(22)37-27-12)13(30)24-11-14(31)29-5-19(16(32)33,7-36-15(11)29)6-35-9-4-8(20)28(2)17(21)23-9/h4,11,15H,3,5-7H2,1-2H3,(H7,20,21,22,23,24,25,27,30,32,33)/p+1/t11-,15-,19?/m1/s1. The number of carboxylic acids is 1. The maximum atomic E-state index is 12.9. The number of hydrogen-bond donors (Lipinski definition) is 5. The van der Waals surface area contributed by atoms with E-state index in [1.165, 1.54) is 33.0 Å². The molecule has 2 aromatic heterocycles. The minimum atomic E-state index is -1.23. The first-order valence-corrected chi connectivity index (χ1v) is 13.7. The van der Waals surface area contributed by atoms with Gasteiger partial charge in [-0.25, -0.2) is 4.57 Å². The van der Waals surface area contributed by atoms with Crippen LogP contribution in [-0.2, 0) is 26.3 Å². The molecule has 2 fully saturated rings. The van der Waals surface area contributed by atoms with Gasteiger partial charge in [0.1, 0.15) is 23.4 Å². The third-order valence-corrected chi connectivity index (χ3v) is 9.09. The SMILES string of the molecule is CCON=C(C(=O)N[C@@H]1C(=O)N2CC(CSc3cc(N)[n+](C)c(N)n3)(C(=O)O)CS[C@H]12)c1nsc(N)n1. The molecule has 2 aliphatic heterocycles. The van der Waals surface area contributed by atoms with Gasteiger partial charge >= 0.3 is 11.9 Å². The van der Waals surface area contributed by atoms with E-state index in [1.807, 2.05) is 0 Å². The summed E-state index contributed by atoms with van der Waals surface area (Å²) < 4.78 is 5.49. The molecule has 0 radical (unpaired) electrons. The van der Waals surface area contributed by atoms with Crippen LogP contribution in [0.15, 0.2) is 16.2 Å². The predicted molar refractivity (Wildman–Crippen MR) is 137 cm³/mol. The van der Waals surface area contributed by atoms with Gasteiger partial charge in [-0.15, -0.1) is 16.7 Å². The minimum absolute atomic E-state index is 0.0142. The molecule has 37 heavy (non-hydrogen) atoms. The summed E-state index contributed by atoms with van der Waals surface area (Å²) in [7, 11) is 1.67. The average molecular weight is 570 g/mol. The Bertz CT molecular complexity index is 1250. The van der Waals surface area contributed by atoms with Crippen molar-refractivity contribution in [3.8, 4) is 0 Å². The van der Waals surface area contributed by atoms with Gasteiger partial charge in [0.15, 0.2) is 16.0 Å². The summed E-state index contributed by atoms with van der Waals surface area (Å²) in [6.45, 7) is 1.88. The number of hydrogen-bond acceptors (Lipinski definition) is 14. The van der Waals surface area contributed by atoms with Gasteiger partial charge in [0.25, 0.3) is 5.91 Å². The smallest absolute Gasteiger partial charge is 0.345 e. The van der Waals surface area contributed by atoms with E-state index in [-0.39, 0.29) is 47.3 Å². The summed E-state index contributed by atoms with van der Waals surface area (Å²) in [4.78, 5) is 52.8. The third kappa shape index (κ3) is 5.21. The van der Waals surface area contributed by atoms with Crippen LogP contribution in [0, 0.1) is 5.41 Å². The topological polar surface area (TPSA) is 229 Å². The van der Waals surface area contributed by atoms with Gasteiger partial charge in [-0.1, -0.05) is 16.9 Å². The summed E-state index contributed by atoms with van der Waals surface area (Å²) in [5, 5.41) is 16.7. The van der Waals surface area contributed by atoms with Gasteiger partial charge in [0, 0.05) is 35.6 Å². The fraction of sp³-hybridized carbons (Fsp3) is 0.474. The number of carbonyl (C=O) groups excluding carboxylic acids is 2. The second-order valence-corrected chi connectivity index (χ2v) is 11.1. The van der Waals surface area contributed by atoms with Crippen LogP contribution in [0.4, 0.5) is 16.9 Å². The summed E-state index contributed by atoms with van der Waals surface area (Å²) in [6.07, 6.45) is 0. The number of fused-ring (bicyclic) bond motifs is 1. The molecule has 0 aliphatic carbocycles. The average Bonchev–Trinajstić information content (AvgIpc) is 3.30. The molecular weight excluding hydrogens is 544 g/mol. The number of carbonyl (C=O) groups is 3. The lowest BCUT2D eigenvalue weighted by Crippen LogP contribution is -2.74. The number of carboxylic acid groups (broad SMARTS) is 1. The molecule has 0 aromatic carbocycles. The molecule has 4 heterocycles. The summed E-state index contributed by atoms with van der Waals surface area (Å²) in [6, 6.07) is 0.747. The molecule has 198 valence electrons. The van der Waals surface area contributed by atoms with Gasteiger partial charge in [-0.3, -0.25) is 14.4 Å². The van der Waals surface area contributed by atoms with Crippen molar-refractivity contribution in [2.75, 3.05) is 41.9 Å². The summed E-state index contributed by atoms with van der Waals surface area (Å²) >= 11 is 3.37. The molecule has 8 N–H and O–H groups in total. The lowest BCUT2D eigenvalue weighted by atomic mass is 9.89. The fourth-order valence-electron chi connectivity index (χ4n) is 3.62. The highest BCUT2D eigenvalue weighted by molar-refractivity contribution is 8.00. The van der Waals surface area contributed by atoms with Gasteiger partial charge in [0.05, 0.1) is 7.05 Å². The zero-order valence-corrected chi connectivity index (χ0v) is 22.2. The molecule has 2 aromatic rings. The van der Waals surface area contributed by atoms with Crippen molar-refractivity contribution in [1.29, 1.82) is 0 Å². The van der Waals surface area contributed by atoms with E-state index in [0.717, 1.165) is 11.5 Å². The number of aliphatic carboxylic acids is 1. The number of nitrogen functional groups attached to an aromatic ring is 3. The highest BCUT2D eigenvalue weighted by atomic mass is 32.2. The molecule has 1 unspecified atom stereocenters. The maximum Gasteiger partial charge on any atom is 0.345 e. The molecule has 4 rings (SSSR count). The number of amides is 2. The lowest BCUT2D eigenvalue weighted by Gasteiger charge is -2.53. The zero-order valence-electron chi connectivity index (χ0n) is 19.8. The van der Waals surface area contributed by atoms with Crippen LogP contribution in [0.5, 0.6) is 0 Å². The highest BCUT2D eigenvalue weighted by Crippen LogP contribution is 2.44. The van der Waals surface area contributed by atoms with Crippen molar-refractivity contribution in [2.24, 2.45) is 17.6 Å². The Balaban J connectivity index is 1.44. The van der Waals surface area contributed by atoms with E-state index in [4.69, 9.17) is 22.0 Å². The number of rotatable bonds is 9. The first kappa shape index (κ1) is 26.7. The van der Waals surface area contributed by atoms with Crippen LogP contribution in [0.2, 0.25) is 0 Å². The molecular formula is C19H25N10O5S3+. The van der Waals surface area contributed by atoms with E-state index in [1.54, 1.807) is 20.0 Å². The van der Waals surface area contributed by atoms with Crippen molar-refractivity contribution < 1.29 is 28.9 Å². The van der Waals surface area contributed by atoms with E-state index >= 15 is 0 Å². The van der Waals surface area contributed by atoms with E-state index in [0.29, 0.717) is 10.8 Å². The van der Waals surface area contributed by atoms with Crippen LogP contribution >= 0.6 is 35.1 Å². The van der Waals surface area contributed by atoms with Crippen LogP contribution in [0.1, 0.15) is 12.7 Å². The highest BCUT2D eigenvalue weighted by Gasteiger charge is 2.57. The molecule has 2 saturated heterocycles. The van der Waals surface area contributed by atoms with Crippen molar-refractivity contribution in [1.82, 2.24) is 24.6 Å². The maximum absolute atomic E-state index is 12.9. The normalized spacial score (nSPS) is 23.2. The molecule has 15 nitrogen and oxygen atoms in total. The molecule has 0 saturated carbocycles. The van der Waals surface area contributed by atoms with Crippen LogP contribution in [-0.4, -0.2) is 83.9 Å². The summed E-state index contributed by atoms with van der Waals surface area (Å²) in [5.41, 5.74) is 15.9. The second-order valence-electron chi connectivity index (χ2n) is 8.24. The van der Waals surface area contributed by atoms with Gasteiger partial charge in [-0.2, -0.15) is 9.36 Å². The van der Waals surface area contributed by atoms with Crippen LogP contribution in [0.25, 0.3) is 0 Å². The molecule has 0 spiro atoms. The first-order chi connectivity index (χ1) is 17.6.